The number of piperazine rings is 1. The second kappa shape index (κ2) is 5.95. The summed E-state index contributed by atoms with van der Waals surface area (Å²) in [6.07, 6.45) is 3.92. The van der Waals surface area contributed by atoms with Crippen molar-refractivity contribution < 1.29 is 4.74 Å². The zero-order valence-corrected chi connectivity index (χ0v) is 12.9. The summed E-state index contributed by atoms with van der Waals surface area (Å²) in [4.78, 5) is 5.02. The maximum Gasteiger partial charge on any atom is 0.121 e. The Bertz CT molecular complexity index is 551. The molecule has 2 aliphatic heterocycles. The topological polar surface area (TPSA) is 39.5 Å². The Morgan fingerprint density at radius 1 is 1.29 bits per heavy atom. The minimum atomic E-state index is 0.429. The average molecular weight is 285 g/mol. The third kappa shape index (κ3) is 2.71. The number of piperidine rings is 1. The lowest BCUT2D eigenvalue weighted by Gasteiger charge is -2.48. The molecule has 2 unspecified atom stereocenters. The van der Waals surface area contributed by atoms with E-state index in [1.165, 1.54) is 25.8 Å². The Kier molecular flexibility index (Phi) is 4.03. The third-order valence-corrected chi connectivity index (χ3v) is 4.82. The lowest BCUT2D eigenvalue weighted by atomic mass is 9.96. The van der Waals surface area contributed by atoms with Crippen LogP contribution in [0.2, 0.25) is 0 Å². The summed E-state index contributed by atoms with van der Waals surface area (Å²) in [5, 5.41) is 9.40. The van der Waals surface area contributed by atoms with Gasteiger partial charge in [-0.3, -0.25) is 4.90 Å². The molecule has 0 spiro atoms. The number of hydrogen-bond acceptors (Lipinski definition) is 4. The van der Waals surface area contributed by atoms with Crippen molar-refractivity contribution in [1.82, 2.24) is 4.90 Å². The first-order valence-electron chi connectivity index (χ1n) is 7.81. The molecular weight excluding hydrogens is 262 g/mol. The summed E-state index contributed by atoms with van der Waals surface area (Å²) < 4.78 is 5.34. The number of rotatable bonds is 2. The fourth-order valence-corrected chi connectivity index (χ4v) is 3.66. The van der Waals surface area contributed by atoms with Crippen LogP contribution < -0.4 is 9.64 Å². The first-order valence-corrected chi connectivity index (χ1v) is 7.81. The number of methoxy groups -OCH3 is 1. The zero-order chi connectivity index (χ0) is 14.8. The van der Waals surface area contributed by atoms with Gasteiger partial charge in [0, 0.05) is 31.2 Å². The first kappa shape index (κ1) is 14.2. The van der Waals surface area contributed by atoms with Gasteiger partial charge in [0.15, 0.2) is 0 Å². The number of nitrogens with zero attached hydrogens (tertiary/aromatic N) is 3. The van der Waals surface area contributed by atoms with Gasteiger partial charge >= 0.3 is 0 Å². The van der Waals surface area contributed by atoms with E-state index in [-0.39, 0.29) is 0 Å². The van der Waals surface area contributed by atoms with Crippen LogP contribution >= 0.6 is 0 Å². The molecule has 0 aromatic heterocycles. The van der Waals surface area contributed by atoms with Crippen LogP contribution in [-0.4, -0.2) is 43.7 Å². The molecule has 112 valence electrons. The van der Waals surface area contributed by atoms with Crippen LogP contribution in [0.1, 0.15) is 31.7 Å². The number of ether oxygens (including phenoxy) is 1. The van der Waals surface area contributed by atoms with E-state index in [1.807, 2.05) is 18.2 Å². The van der Waals surface area contributed by atoms with Crippen molar-refractivity contribution in [2.75, 3.05) is 31.6 Å². The first-order chi connectivity index (χ1) is 10.2. The van der Waals surface area contributed by atoms with Gasteiger partial charge in [-0.05, 0) is 38.4 Å². The molecule has 0 bridgehead atoms. The maximum absolute atomic E-state index is 9.40. The SMILES string of the molecule is COc1ccc(C#N)c(N2CC3CCCCN3CC2C)c1. The Morgan fingerprint density at radius 2 is 2.14 bits per heavy atom. The fourth-order valence-electron chi connectivity index (χ4n) is 3.66. The molecule has 0 radical (unpaired) electrons. The normalized spacial score (nSPS) is 26.0. The zero-order valence-electron chi connectivity index (χ0n) is 12.9. The second-order valence-corrected chi connectivity index (χ2v) is 6.14. The van der Waals surface area contributed by atoms with Crippen LogP contribution in [0, 0.1) is 11.3 Å². The summed E-state index contributed by atoms with van der Waals surface area (Å²) in [5.74, 6) is 0.822. The van der Waals surface area contributed by atoms with Crippen molar-refractivity contribution in [2.24, 2.45) is 0 Å². The highest BCUT2D eigenvalue weighted by atomic mass is 16.5. The van der Waals surface area contributed by atoms with Gasteiger partial charge < -0.3 is 9.64 Å². The maximum atomic E-state index is 9.40. The van der Waals surface area contributed by atoms with Gasteiger partial charge in [0.25, 0.3) is 0 Å². The highest BCUT2D eigenvalue weighted by molar-refractivity contribution is 5.63. The van der Waals surface area contributed by atoms with Gasteiger partial charge in [-0.1, -0.05) is 6.42 Å². The lowest BCUT2D eigenvalue weighted by molar-refractivity contribution is 0.115. The van der Waals surface area contributed by atoms with Crippen LogP contribution in [-0.2, 0) is 0 Å². The molecule has 21 heavy (non-hydrogen) atoms. The standard InChI is InChI=1S/C17H23N3O/c1-13-11-19-8-4-3-5-15(19)12-20(13)17-9-16(21-2)7-6-14(17)10-18/h6-7,9,13,15H,3-5,8,11-12H2,1-2H3. The van der Waals surface area contributed by atoms with Gasteiger partial charge in [0.1, 0.15) is 11.8 Å². The molecule has 2 fully saturated rings. The number of anilines is 1. The molecule has 3 rings (SSSR count). The van der Waals surface area contributed by atoms with Crippen molar-refractivity contribution in [2.45, 2.75) is 38.3 Å². The van der Waals surface area contributed by atoms with Crippen molar-refractivity contribution in [3.63, 3.8) is 0 Å². The van der Waals surface area contributed by atoms with Crippen molar-refractivity contribution in [3.05, 3.63) is 23.8 Å². The van der Waals surface area contributed by atoms with E-state index < -0.39 is 0 Å². The average Bonchev–Trinajstić information content (AvgIpc) is 2.53. The van der Waals surface area contributed by atoms with Crippen LogP contribution in [0.4, 0.5) is 5.69 Å². The van der Waals surface area contributed by atoms with Crippen LogP contribution in [0.5, 0.6) is 5.75 Å². The summed E-state index contributed by atoms with van der Waals surface area (Å²) in [6.45, 7) is 5.59. The van der Waals surface area contributed by atoms with Crippen molar-refractivity contribution in [3.8, 4) is 11.8 Å². The van der Waals surface area contributed by atoms with Gasteiger partial charge in [-0.25, -0.2) is 0 Å². The summed E-state index contributed by atoms with van der Waals surface area (Å²) in [5.41, 5.74) is 1.77. The van der Waals surface area contributed by atoms with Gasteiger partial charge in [-0.2, -0.15) is 5.26 Å². The number of nitriles is 1. The molecule has 0 aliphatic carbocycles. The molecule has 1 aromatic carbocycles. The summed E-state index contributed by atoms with van der Waals surface area (Å²) >= 11 is 0. The molecule has 4 heteroatoms. The number of benzene rings is 1. The largest absolute Gasteiger partial charge is 0.497 e. The minimum absolute atomic E-state index is 0.429. The van der Waals surface area contributed by atoms with E-state index in [9.17, 15) is 5.26 Å². The molecule has 4 nitrogen and oxygen atoms in total. The predicted octanol–water partition coefficient (Wildman–Crippen LogP) is 2.63. The van der Waals surface area contributed by atoms with E-state index >= 15 is 0 Å². The monoisotopic (exact) mass is 285 g/mol. The number of hydrogen-bond donors (Lipinski definition) is 0. The number of fused-ring (bicyclic) bond motifs is 1. The molecule has 0 N–H and O–H groups in total. The summed E-state index contributed by atoms with van der Waals surface area (Å²) in [7, 11) is 1.67. The Hall–Kier alpha value is -1.73. The Balaban J connectivity index is 1.90. The smallest absolute Gasteiger partial charge is 0.121 e. The van der Waals surface area contributed by atoms with Crippen LogP contribution in [0.3, 0.4) is 0 Å². The Labute approximate surface area is 126 Å². The third-order valence-electron chi connectivity index (χ3n) is 4.82. The molecule has 2 atom stereocenters. The fraction of sp³-hybridized carbons (Fsp3) is 0.588. The summed E-state index contributed by atoms with van der Waals surface area (Å²) in [6, 6.07) is 9.13. The predicted molar refractivity (Wildman–Crippen MR) is 83.7 cm³/mol. The van der Waals surface area contributed by atoms with E-state index in [0.29, 0.717) is 12.1 Å². The molecule has 2 aliphatic rings. The highest BCUT2D eigenvalue weighted by Gasteiger charge is 2.33. The Morgan fingerprint density at radius 3 is 2.90 bits per heavy atom. The van der Waals surface area contributed by atoms with E-state index in [1.54, 1.807) is 7.11 Å². The van der Waals surface area contributed by atoms with Crippen LogP contribution in [0.15, 0.2) is 18.2 Å². The van der Waals surface area contributed by atoms with E-state index in [0.717, 1.165) is 30.1 Å². The van der Waals surface area contributed by atoms with Gasteiger partial charge in [-0.15, -0.1) is 0 Å². The second-order valence-electron chi connectivity index (χ2n) is 6.14. The van der Waals surface area contributed by atoms with Crippen molar-refractivity contribution >= 4 is 5.69 Å². The molecule has 2 saturated heterocycles. The molecule has 1 aromatic rings. The molecule has 2 heterocycles. The molecular formula is C17H23N3O. The van der Waals surface area contributed by atoms with E-state index in [4.69, 9.17) is 4.74 Å². The lowest BCUT2D eigenvalue weighted by Crippen LogP contribution is -2.59. The highest BCUT2D eigenvalue weighted by Crippen LogP contribution is 2.32. The molecule has 0 saturated carbocycles. The van der Waals surface area contributed by atoms with Gasteiger partial charge in [0.05, 0.1) is 18.4 Å². The quantitative estimate of drug-likeness (QED) is 0.837. The van der Waals surface area contributed by atoms with E-state index in [2.05, 4.69) is 22.8 Å². The van der Waals surface area contributed by atoms with Crippen LogP contribution in [0.25, 0.3) is 0 Å². The minimum Gasteiger partial charge on any atom is -0.497 e. The van der Waals surface area contributed by atoms with Gasteiger partial charge in [0.2, 0.25) is 0 Å². The molecule has 0 amide bonds. The van der Waals surface area contributed by atoms with Crippen molar-refractivity contribution in [1.29, 1.82) is 5.26 Å².